The highest BCUT2D eigenvalue weighted by Gasteiger charge is 2.23. The van der Waals surface area contributed by atoms with E-state index in [2.05, 4.69) is 55.3 Å². The first-order valence-electron chi connectivity index (χ1n) is 7.32. The summed E-state index contributed by atoms with van der Waals surface area (Å²) in [6.45, 7) is 10.2. The van der Waals surface area contributed by atoms with Crippen molar-refractivity contribution in [3.63, 3.8) is 0 Å². The van der Waals surface area contributed by atoms with Gasteiger partial charge < -0.3 is 10.2 Å². The van der Waals surface area contributed by atoms with E-state index in [1.165, 1.54) is 30.6 Å². The van der Waals surface area contributed by atoms with Crippen molar-refractivity contribution in [3.05, 3.63) is 29.8 Å². The molecule has 0 bridgehead atoms. The van der Waals surface area contributed by atoms with Gasteiger partial charge in [0.05, 0.1) is 0 Å². The van der Waals surface area contributed by atoms with Crippen molar-refractivity contribution in [1.82, 2.24) is 5.32 Å². The van der Waals surface area contributed by atoms with Crippen LogP contribution in [0.2, 0.25) is 0 Å². The third-order valence-corrected chi connectivity index (χ3v) is 4.20. The highest BCUT2D eigenvalue weighted by molar-refractivity contribution is 5.57. The molecule has 0 radical (unpaired) electrons. The lowest BCUT2D eigenvalue weighted by Crippen LogP contribution is -2.44. The summed E-state index contributed by atoms with van der Waals surface area (Å²) in [7, 11) is 0. The summed E-state index contributed by atoms with van der Waals surface area (Å²) in [5.41, 5.74) is 2.96. The van der Waals surface area contributed by atoms with Crippen molar-refractivity contribution in [3.8, 4) is 0 Å². The van der Waals surface area contributed by atoms with E-state index in [1.54, 1.807) is 0 Å². The van der Waals surface area contributed by atoms with Gasteiger partial charge in [0, 0.05) is 24.8 Å². The molecule has 1 aliphatic rings. The fourth-order valence-corrected chi connectivity index (χ4v) is 2.83. The van der Waals surface area contributed by atoms with Crippen LogP contribution in [-0.4, -0.2) is 25.7 Å². The number of hydrogen-bond acceptors (Lipinski definition) is 2. The Hall–Kier alpha value is -1.02. The van der Waals surface area contributed by atoms with Gasteiger partial charge in [-0.15, -0.1) is 0 Å². The van der Waals surface area contributed by atoms with Gasteiger partial charge in [-0.2, -0.15) is 0 Å². The zero-order chi connectivity index (χ0) is 13.0. The third kappa shape index (κ3) is 2.86. The number of rotatable bonds is 6. The van der Waals surface area contributed by atoms with E-state index in [-0.39, 0.29) is 0 Å². The second-order valence-electron chi connectivity index (χ2n) is 5.37. The molecule has 0 saturated carbocycles. The summed E-state index contributed by atoms with van der Waals surface area (Å²) in [6, 6.07) is 9.44. The molecule has 0 saturated heterocycles. The maximum atomic E-state index is 3.65. The van der Waals surface area contributed by atoms with E-state index >= 15 is 0 Å². The van der Waals surface area contributed by atoms with Gasteiger partial charge in [-0.3, -0.25) is 0 Å². The molecule has 0 amide bonds. The minimum absolute atomic E-state index is 0.603. The van der Waals surface area contributed by atoms with Crippen molar-refractivity contribution in [1.29, 1.82) is 0 Å². The molecule has 1 aromatic carbocycles. The molecule has 18 heavy (non-hydrogen) atoms. The zero-order valence-corrected chi connectivity index (χ0v) is 11.9. The minimum Gasteiger partial charge on any atom is -0.369 e. The summed E-state index contributed by atoms with van der Waals surface area (Å²) in [4.78, 5) is 2.55. The molecule has 0 aromatic heterocycles. The Kier molecular flexibility index (Phi) is 4.65. The molecule has 2 heteroatoms. The maximum absolute atomic E-state index is 3.65. The lowest BCUT2D eigenvalue weighted by atomic mass is 9.98. The fraction of sp³-hybridized carbons (Fsp3) is 0.625. The normalized spacial score (nSPS) is 17.6. The number of fused-ring (bicyclic) bond motifs is 1. The molecule has 0 spiro atoms. The molecule has 0 aliphatic carbocycles. The van der Waals surface area contributed by atoms with Crippen LogP contribution in [0.4, 0.5) is 5.69 Å². The summed E-state index contributed by atoms with van der Waals surface area (Å²) in [5, 5.41) is 3.65. The molecule has 2 rings (SSSR count). The Labute approximate surface area is 111 Å². The number of benzene rings is 1. The van der Waals surface area contributed by atoms with Crippen molar-refractivity contribution in [2.45, 2.75) is 39.7 Å². The first-order chi connectivity index (χ1) is 8.76. The van der Waals surface area contributed by atoms with Crippen LogP contribution in [-0.2, 0) is 6.42 Å². The van der Waals surface area contributed by atoms with Crippen LogP contribution in [0.15, 0.2) is 24.3 Å². The maximum Gasteiger partial charge on any atom is 0.0400 e. The second-order valence-corrected chi connectivity index (χ2v) is 5.37. The first kappa shape index (κ1) is 13.4. The lowest BCUT2D eigenvalue weighted by Gasteiger charge is -2.30. The molecule has 2 nitrogen and oxygen atoms in total. The SMILES string of the molecule is CCNC(CN1CCc2ccccc21)C(C)CC. The average molecular weight is 246 g/mol. The van der Waals surface area contributed by atoms with Crippen LogP contribution >= 0.6 is 0 Å². The van der Waals surface area contributed by atoms with E-state index in [9.17, 15) is 0 Å². The minimum atomic E-state index is 0.603. The van der Waals surface area contributed by atoms with Gasteiger partial charge >= 0.3 is 0 Å². The lowest BCUT2D eigenvalue weighted by molar-refractivity contribution is 0.373. The quantitative estimate of drug-likeness (QED) is 0.830. The van der Waals surface area contributed by atoms with Crippen LogP contribution in [0.3, 0.4) is 0 Å². The number of nitrogens with one attached hydrogen (secondary N) is 1. The number of nitrogens with zero attached hydrogens (tertiary/aromatic N) is 1. The van der Waals surface area contributed by atoms with E-state index in [0.29, 0.717) is 6.04 Å². The highest BCUT2D eigenvalue weighted by atomic mass is 15.2. The smallest absolute Gasteiger partial charge is 0.0400 e. The van der Waals surface area contributed by atoms with Crippen LogP contribution in [0.1, 0.15) is 32.8 Å². The van der Waals surface area contributed by atoms with Gasteiger partial charge in [0.1, 0.15) is 0 Å². The Morgan fingerprint density at radius 3 is 2.78 bits per heavy atom. The molecule has 1 aliphatic heterocycles. The third-order valence-electron chi connectivity index (χ3n) is 4.20. The molecule has 1 heterocycles. The molecule has 0 fully saturated rings. The molecule has 100 valence electrons. The number of likely N-dealkylation sites (N-methyl/N-ethyl adjacent to an activating group) is 1. The van der Waals surface area contributed by atoms with Gasteiger partial charge in [-0.1, -0.05) is 45.4 Å². The van der Waals surface area contributed by atoms with E-state index in [4.69, 9.17) is 0 Å². The molecule has 1 aromatic rings. The van der Waals surface area contributed by atoms with Gasteiger partial charge in [0.2, 0.25) is 0 Å². The monoisotopic (exact) mass is 246 g/mol. The highest BCUT2D eigenvalue weighted by Crippen LogP contribution is 2.28. The summed E-state index contributed by atoms with van der Waals surface area (Å²) in [6.07, 6.45) is 2.45. The summed E-state index contributed by atoms with van der Waals surface area (Å²) < 4.78 is 0. The Bertz CT molecular complexity index is 375. The van der Waals surface area contributed by atoms with E-state index in [1.807, 2.05) is 0 Å². The molecular formula is C16H26N2. The number of hydrogen-bond donors (Lipinski definition) is 1. The predicted molar refractivity (Wildman–Crippen MR) is 79.3 cm³/mol. The largest absolute Gasteiger partial charge is 0.369 e. The number of para-hydroxylation sites is 1. The van der Waals surface area contributed by atoms with Crippen LogP contribution in [0.5, 0.6) is 0 Å². The standard InChI is InChI=1S/C16H26N2/c1-4-13(3)15(17-5-2)12-18-11-10-14-8-6-7-9-16(14)18/h6-9,13,15,17H,4-5,10-12H2,1-3H3. The second kappa shape index (κ2) is 6.24. The molecule has 1 N–H and O–H groups in total. The number of anilines is 1. The fourth-order valence-electron chi connectivity index (χ4n) is 2.83. The topological polar surface area (TPSA) is 15.3 Å². The van der Waals surface area contributed by atoms with Crippen LogP contribution < -0.4 is 10.2 Å². The Balaban J connectivity index is 2.04. The van der Waals surface area contributed by atoms with Gasteiger partial charge in [0.25, 0.3) is 0 Å². The Morgan fingerprint density at radius 2 is 2.06 bits per heavy atom. The molecule has 2 atom stereocenters. The Morgan fingerprint density at radius 1 is 1.28 bits per heavy atom. The van der Waals surface area contributed by atoms with Crippen molar-refractivity contribution < 1.29 is 0 Å². The average Bonchev–Trinajstić information content (AvgIpc) is 2.81. The van der Waals surface area contributed by atoms with E-state index < -0.39 is 0 Å². The van der Waals surface area contributed by atoms with Crippen LogP contribution in [0.25, 0.3) is 0 Å². The van der Waals surface area contributed by atoms with Crippen molar-refractivity contribution >= 4 is 5.69 Å². The summed E-state index contributed by atoms with van der Waals surface area (Å²) >= 11 is 0. The van der Waals surface area contributed by atoms with Gasteiger partial charge in [-0.25, -0.2) is 0 Å². The summed E-state index contributed by atoms with van der Waals surface area (Å²) in [5.74, 6) is 0.734. The van der Waals surface area contributed by atoms with Gasteiger partial charge in [0.15, 0.2) is 0 Å². The van der Waals surface area contributed by atoms with Crippen LogP contribution in [0, 0.1) is 5.92 Å². The van der Waals surface area contributed by atoms with Crippen molar-refractivity contribution in [2.24, 2.45) is 5.92 Å². The van der Waals surface area contributed by atoms with Crippen molar-refractivity contribution in [2.75, 3.05) is 24.5 Å². The molecular weight excluding hydrogens is 220 g/mol. The predicted octanol–water partition coefficient (Wildman–Crippen LogP) is 3.07. The zero-order valence-electron chi connectivity index (χ0n) is 11.9. The van der Waals surface area contributed by atoms with E-state index in [0.717, 1.165) is 19.0 Å². The molecule has 2 unspecified atom stereocenters. The van der Waals surface area contributed by atoms with Gasteiger partial charge in [-0.05, 0) is 30.5 Å². The first-order valence-corrected chi connectivity index (χ1v) is 7.32.